The molecule has 21 heavy (non-hydrogen) atoms. The average Bonchev–Trinajstić information content (AvgIpc) is 2.86. The van der Waals surface area contributed by atoms with Gasteiger partial charge in [-0.05, 0) is 46.6 Å². The molecule has 1 unspecified atom stereocenters. The lowest BCUT2D eigenvalue weighted by atomic mass is 10.1. The average molecular weight is 294 g/mol. The zero-order valence-electron chi connectivity index (χ0n) is 13.8. The molecule has 2 rings (SSSR count). The molecule has 0 bridgehead atoms. The summed E-state index contributed by atoms with van der Waals surface area (Å²) in [6.07, 6.45) is 5.72. The molecule has 0 spiro atoms. The van der Waals surface area contributed by atoms with E-state index >= 15 is 0 Å². The summed E-state index contributed by atoms with van der Waals surface area (Å²) in [4.78, 5) is 7.23. The van der Waals surface area contributed by atoms with Gasteiger partial charge in [-0.15, -0.1) is 0 Å². The number of aromatic nitrogens is 2. The van der Waals surface area contributed by atoms with Crippen LogP contribution in [-0.4, -0.2) is 48.4 Å². The van der Waals surface area contributed by atoms with Crippen molar-refractivity contribution >= 4 is 5.95 Å². The number of likely N-dealkylation sites (N-methyl/N-ethyl adjacent to an activating group) is 1. The van der Waals surface area contributed by atoms with Gasteiger partial charge in [-0.3, -0.25) is 0 Å². The second-order valence-corrected chi connectivity index (χ2v) is 5.71. The molecule has 1 saturated heterocycles. The minimum absolute atomic E-state index is 0.566. The van der Waals surface area contributed by atoms with Crippen LogP contribution in [0.4, 0.5) is 5.95 Å². The van der Waals surface area contributed by atoms with E-state index in [0.717, 1.165) is 57.5 Å². The number of hydrogen-bond acceptors (Lipinski definition) is 4. The van der Waals surface area contributed by atoms with Gasteiger partial charge in [0.25, 0.3) is 0 Å². The first-order chi connectivity index (χ1) is 10.3. The molecule has 1 aromatic heterocycles. The monoisotopic (exact) mass is 294 g/mol. The van der Waals surface area contributed by atoms with Gasteiger partial charge in [0, 0.05) is 45.1 Å². The standard InChI is InChI=1S/C16H30N4O/c1-4-20(15-8-6-9-17-12-15)16-18-14(3)13-19(16)10-7-11-21-5-2/h13,15,17H,4-12H2,1-3H3. The fraction of sp³-hybridized carbons (Fsp3) is 0.812. The Bertz CT molecular complexity index is 412. The highest BCUT2D eigenvalue weighted by Gasteiger charge is 2.23. The van der Waals surface area contributed by atoms with Crippen LogP contribution >= 0.6 is 0 Å². The normalized spacial score (nSPS) is 18.9. The molecule has 1 aliphatic heterocycles. The van der Waals surface area contributed by atoms with Gasteiger partial charge in [0.15, 0.2) is 0 Å². The molecule has 1 aliphatic rings. The van der Waals surface area contributed by atoms with Crippen LogP contribution in [-0.2, 0) is 11.3 Å². The maximum atomic E-state index is 5.45. The summed E-state index contributed by atoms with van der Waals surface area (Å²) in [5, 5.41) is 3.51. The second kappa shape index (κ2) is 8.39. The summed E-state index contributed by atoms with van der Waals surface area (Å²) >= 11 is 0. The third-order valence-electron chi connectivity index (χ3n) is 4.08. The summed E-state index contributed by atoms with van der Waals surface area (Å²) in [5.74, 6) is 1.13. The topological polar surface area (TPSA) is 42.3 Å². The second-order valence-electron chi connectivity index (χ2n) is 5.71. The number of anilines is 1. The largest absolute Gasteiger partial charge is 0.382 e. The molecule has 5 nitrogen and oxygen atoms in total. The quantitative estimate of drug-likeness (QED) is 0.746. The van der Waals surface area contributed by atoms with Crippen LogP contribution < -0.4 is 10.2 Å². The van der Waals surface area contributed by atoms with Crippen molar-refractivity contribution in [1.82, 2.24) is 14.9 Å². The zero-order valence-corrected chi connectivity index (χ0v) is 13.8. The molecule has 120 valence electrons. The van der Waals surface area contributed by atoms with E-state index in [9.17, 15) is 0 Å². The Kier molecular flexibility index (Phi) is 6.51. The van der Waals surface area contributed by atoms with Crippen molar-refractivity contribution in [3.63, 3.8) is 0 Å². The van der Waals surface area contributed by atoms with Crippen LogP contribution in [0.1, 0.15) is 38.8 Å². The van der Waals surface area contributed by atoms with Crippen LogP contribution in [0.15, 0.2) is 6.20 Å². The number of hydrogen-bond donors (Lipinski definition) is 1. The van der Waals surface area contributed by atoms with E-state index in [1.807, 2.05) is 6.92 Å². The highest BCUT2D eigenvalue weighted by molar-refractivity contribution is 5.35. The first-order valence-corrected chi connectivity index (χ1v) is 8.35. The van der Waals surface area contributed by atoms with E-state index in [-0.39, 0.29) is 0 Å². The fourth-order valence-electron chi connectivity index (χ4n) is 3.07. The predicted molar refractivity (Wildman–Crippen MR) is 87.0 cm³/mol. The summed E-state index contributed by atoms with van der Waals surface area (Å²) in [7, 11) is 0. The lowest BCUT2D eigenvalue weighted by Crippen LogP contribution is -2.47. The Balaban J connectivity index is 2.05. The molecule has 1 atom stereocenters. The van der Waals surface area contributed by atoms with Crippen molar-refractivity contribution in [2.45, 2.75) is 52.6 Å². The van der Waals surface area contributed by atoms with Crippen LogP contribution in [0, 0.1) is 6.92 Å². The van der Waals surface area contributed by atoms with Crippen molar-refractivity contribution in [1.29, 1.82) is 0 Å². The Morgan fingerprint density at radius 2 is 2.33 bits per heavy atom. The third kappa shape index (κ3) is 4.45. The summed E-state index contributed by atoms with van der Waals surface area (Å²) in [5.41, 5.74) is 1.10. The van der Waals surface area contributed by atoms with Crippen molar-refractivity contribution in [2.24, 2.45) is 0 Å². The van der Waals surface area contributed by atoms with E-state index in [1.165, 1.54) is 12.8 Å². The number of aryl methyl sites for hydroxylation is 2. The molecular formula is C16H30N4O. The first kappa shape index (κ1) is 16.3. The molecule has 1 fully saturated rings. The lowest BCUT2D eigenvalue weighted by Gasteiger charge is -2.35. The minimum atomic E-state index is 0.566. The van der Waals surface area contributed by atoms with Crippen LogP contribution in [0.25, 0.3) is 0 Å². The highest BCUT2D eigenvalue weighted by atomic mass is 16.5. The van der Waals surface area contributed by atoms with Crippen molar-refractivity contribution < 1.29 is 4.74 Å². The molecule has 1 aromatic rings. The number of ether oxygens (including phenoxy) is 1. The maximum absolute atomic E-state index is 5.45. The van der Waals surface area contributed by atoms with Crippen LogP contribution in [0.2, 0.25) is 0 Å². The van der Waals surface area contributed by atoms with Gasteiger partial charge >= 0.3 is 0 Å². The van der Waals surface area contributed by atoms with E-state index in [2.05, 4.69) is 34.8 Å². The highest BCUT2D eigenvalue weighted by Crippen LogP contribution is 2.20. The molecule has 0 aliphatic carbocycles. The van der Waals surface area contributed by atoms with Gasteiger partial charge in [0.1, 0.15) is 0 Å². The van der Waals surface area contributed by atoms with Gasteiger partial charge in [-0.25, -0.2) is 4.98 Å². The molecule has 0 amide bonds. The fourth-order valence-corrected chi connectivity index (χ4v) is 3.07. The Morgan fingerprint density at radius 3 is 3.00 bits per heavy atom. The molecular weight excluding hydrogens is 264 g/mol. The summed E-state index contributed by atoms with van der Waals surface area (Å²) in [6.45, 7) is 12.2. The van der Waals surface area contributed by atoms with Crippen molar-refractivity contribution in [3.8, 4) is 0 Å². The summed E-state index contributed by atoms with van der Waals surface area (Å²) < 4.78 is 7.75. The SMILES string of the molecule is CCOCCCn1cc(C)nc1N(CC)C1CCCNC1. The van der Waals surface area contributed by atoms with Crippen molar-refractivity contribution in [2.75, 3.05) is 37.7 Å². The number of nitrogens with one attached hydrogen (secondary N) is 1. The molecule has 5 heteroatoms. The minimum Gasteiger partial charge on any atom is -0.382 e. The number of piperidine rings is 1. The first-order valence-electron chi connectivity index (χ1n) is 8.35. The van der Waals surface area contributed by atoms with Crippen LogP contribution in [0.3, 0.4) is 0 Å². The Hall–Kier alpha value is -1.07. The van der Waals surface area contributed by atoms with E-state index in [1.54, 1.807) is 0 Å². The Morgan fingerprint density at radius 1 is 1.48 bits per heavy atom. The van der Waals surface area contributed by atoms with Gasteiger partial charge in [-0.1, -0.05) is 0 Å². The van der Waals surface area contributed by atoms with Crippen molar-refractivity contribution in [3.05, 3.63) is 11.9 Å². The number of rotatable bonds is 8. The molecule has 1 N–H and O–H groups in total. The van der Waals surface area contributed by atoms with E-state index in [0.29, 0.717) is 6.04 Å². The van der Waals surface area contributed by atoms with Gasteiger partial charge in [0.2, 0.25) is 5.95 Å². The van der Waals surface area contributed by atoms with Gasteiger partial charge < -0.3 is 19.5 Å². The smallest absolute Gasteiger partial charge is 0.205 e. The van der Waals surface area contributed by atoms with E-state index in [4.69, 9.17) is 9.72 Å². The lowest BCUT2D eigenvalue weighted by molar-refractivity contribution is 0.141. The number of nitrogens with zero attached hydrogens (tertiary/aromatic N) is 3. The molecule has 0 aromatic carbocycles. The predicted octanol–water partition coefficient (Wildman–Crippen LogP) is 2.20. The Labute approximate surface area is 128 Å². The zero-order chi connectivity index (χ0) is 15.1. The molecule has 0 saturated carbocycles. The van der Waals surface area contributed by atoms with Gasteiger partial charge in [-0.2, -0.15) is 0 Å². The van der Waals surface area contributed by atoms with Crippen LogP contribution in [0.5, 0.6) is 0 Å². The molecule has 2 heterocycles. The third-order valence-corrected chi connectivity index (χ3v) is 4.08. The van der Waals surface area contributed by atoms with Gasteiger partial charge in [0.05, 0.1) is 5.69 Å². The maximum Gasteiger partial charge on any atom is 0.205 e. The number of imidazole rings is 1. The molecule has 0 radical (unpaired) electrons. The van der Waals surface area contributed by atoms with E-state index < -0.39 is 0 Å². The summed E-state index contributed by atoms with van der Waals surface area (Å²) in [6, 6.07) is 0.566.